The van der Waals surface area contributed by atoms with Crippen LogP contribution >= 0.6 is 0 Å². The lowest BCUT2D eigenvalue weighted by Crippen LogP contribution is -2.35. The monoisotopic (exact) mass is 285 g/mol. The van der Waals surface area contributed by atoms with E-state index in [9.17, 15) is 14.9 Å². The Morgan fingerprint density at radius 2 is 2.10 bits per heavy atom. The minimum Gasteiger partial charge on any atom is -0.383 e. The molecule has 0 radical (unpaired) electrons. The van der Waals surface area contributed by atoms with E-state index in [-0.39, 0.29) is 29.8 Å². The zero-order valence-electron chi connectivity index (χ0n) is 10.8. The Hall–Kier alpha value is -3.16. The predicted octanol–water partition coefficient (Wildman–Crippen LogP) is 1.66. The highest BCUT2D eigenvalue weighted by atomic mass is 16.6. The first-order chi connectivity index (χ1) is 10.0. The van der Waals surface area contributed by atoms with Gasteiger partial charge in [0.15, 0.2) is 0 Å². The number of anilines is 4. The number of aromatic nitrogens is 1. The Morgan fingerprint density at radius 1 is 1.33 bits per heavy atom. The number of nitrogens with one attached hydrogen (secondary N) is 1. The van der Waals surface area contributed by atoms with Gasteiger partial charge in [-0.25, -0.2) is 4.98 Å². The number of carbonyl (C=O) groups is 1. The molecular formula is C13H11N5O3. The van der Waals surface area contributed by atoms with Crippen molar-refractivity contribution in [3.05, 3.63) is 46.5 Å². The van der Waals surface area contributed by atoms with E-state index in [0.29, 0.717) is 11.4 Å². The van der Waals surface area contributed by atoms with Crippen molar-refractivity contribution < 1.29 is 9.72 Å². The van der Waals surface area contributed by atoms with E-state index in [1.54, 1.807) is 23.1 Å². The zero-order valence-corrected chi connectivity index (χ0v) is 10.8. The van der Waals surface area contributed by atoms with Crippen LogP contribution in [0, 0.1) is 10.1 Å². The number of nitrogens with zero attached hydrogens (tertiary/aromatic N) is 3. The Balaban J connectivity index is 2.12. The van der Waals surface area contributed by atoms with Crippen LogP contribution in [0.4, 0.5) is 28.7 Å². The van der Waals surface area contributed by atoms with Crippen LogP contribution in [0.2, 0.25) is 0 Å². The molecule has 0 bridgehead atoms. The van der Waals surface area contributed by atoms with Crippen molar-refractivity contribution in [1.29, 1.82) is 0 Å². The molecule has 0 unspecified atom stereocenters. The maximum absolute atomic E-state index is 11.8. The first kappa shape index (κ1) is 12.9. The molecule has 0 spiro atoms. The van der Waals surface area contributed by atoms with Crippen LogP contribution in [0.5, 0.6) is 0 Å². The lowest BCUT2D eigenvalue weighted by atomic mass is 10.2. The van der Waals surface area contributed by atoms with Gasteiger partial charge >= 0.3 is 0 Å². The number of hydrogen-bond acceptors (Lipinski definition) is 6. The van der Waals surface area contributed by atoms with Crippen LogP contribution in [0.15, 0.2) is 36.4 Å². The van der Waals surface area contributed by atoms with Crippen LogP contribution in [-0.4, -0.2) is 22.4 Å². The summed E-state index contributed by atoms with van der Waals surface area (Å²) >= 11 is 0. The standard InChI is InChI=1S/C13H11N5O3/c14-11-5-8(18(20)21)6-12(16-11)17-7-13(19)15-9-3-1-2-4-10(9)17/h1-6H,7H2,(H2,14,16)(H,15,19). The van der Waals surface area contributed by atoms with Gasteiger partial charge in [-0.2, -0.15) is 0 Å². The summed E-state index contributed by atoms with van der Waals surface area (Å²) in [6, 6.07) is 9.62. The van der Waals surface area contributed by atoms with Gasteiger partial charge in [-0.1, -0.05) is 12.1 Å². The molecule has 0 saturated carbocycles. The molecule has 8 heteroatoms. The minimum absolute atomic E-state index is 0.0185. The maximum Gasteiger partial charge on any atom is 0.276 e. The summed E-state index contributed by atoms with van der Waals surface area (Å²) in [6.45, 7) is 0.0185. The molecule has 1 aliphatic rings. The van der Waals surface area contributed by atoms with Crippen molar-refractivity contribution in [2.75, 3.05) is 22.5 Å². The molecular weight excluding hydrogens is 274 g/mol. The average Bonchev–Trinajstić information content (AvgIpc) is 2.45. The van der Waals surface area contributed by atoms with Gasteiger partial charge in [-0.3, -0.25) is 14.9 Å². The number of benzene rings is 1. The van der Waals surface area contributed by atoms with Crippen LogP contribution in [-0.2, 0) is 4.79 Å². The van der Waals surface area contributed by atoms with Gasteiger partial charge in [0.05, 0.1) is 28.4 Å². The SMILES string of the molecule is Nc1cc([N+](=O)[O-])cc(N2CC(=O)Nc3ccccc32)n1. The topological polar surface area (TPSA) is 114 Å². The van der Waals surface area contributed by atoms with Crippen LogP contribution in [0.1, 0.15) is 0 Å². The Bertz CT molecular complexity index is 746. The minimum atomic E-state index is -0.544. The number of para-hydroxylation sites is 2. The summed E-state index contributed by atoms with van der Waals surface area (Å²) in [5.74, 6) is 0.0761. The van der Waals surface area contributed by atoms with Gasteiger partial charge in [0.1, 0.15) is 18.2 Å². The van der Waals surface area contributed by atoms with E-state index in [0.717, 1.165) is 0 Å². The first-order valence-electron chi connectivity index (χ1n) is 6.13. The quantitative estimate of drug-likeness (QED) is 0.640. The molecule has 0 fully saturated rings. The normalized spacial score (nSPS) is 13.5. The number of nitro groups is 1. The molecule has 8 nitrogen and oxygen atoms in total. The molecule has 1 amide bonds. The molecule has 1 aliphatic heterocycles. The smallest absolute Gasteiger partial charge is 0.276 e. The lowest BCUT2D eigenvalue weighted by Gasteiger charge is -2.29. The molecule has 21 heavy (non-hydrogen) atoms. The molecule has 106 valence electrons. The van der Waals surface area contributed by atoms with Gasteiger partial charge in [0.25, 0.3) is 5.69 Å². The average molecular weight is 285 g/mol. The number of carbonyl (C=O) groups excluding carboxylic acids is 1. The molecule has 3 N–H and O–H groups in total. The van der Waals surface area contributed by atoms with Crippen molar-refractivity contribution in [2.45, 2.75) is 0 Å². The number of amides is 1. The molecule has 1 aromatic carbocycles. The highest BCUT2D eigenvalue weighted by Crippen LogP contribution is 2.35. The molecule has 0 saturated heterocycles. The van der Waals surface area contributed by atoms with Crippen molar-refractivity contribution in [3.8, 4) is 0 Å². The van der Waals surface area contributed by atoms with Gasteiger partial charge < -0.3 is 16.0 Å². The van der Waals surface area contributed by atoms with Crippen LogP contribution in [0.3, 0.4) is 0 Å². The van der Waals surface area contributed by atoms with Gasteiger partial charge in [-0.05, 0) is 12.1 Å². The molecule has 2 heterocycles. The number of nitrogens with two attached hydrogens (primary N) is 1. The maximum atomic E-state index is 11.8. The van der Waals surface area contributed by atoms with E-state index in [1.165, 1.54) is 12.1 Å². The van der Waals surface area contributed by atoms with Crippen LogP contribution in [0.25, 0.3) is 0 Å². The van der Waals surface area contributed by atoms with Gasteiger partial charge in [-0.15, -0.1) is 0 Å². The van der Waals surface area contributed by atoms with Crippen LogP contribution < -0.4 is 16.0 Å². The largest absolute Gasteiger partial charge is 0.383 e. The second-order valence-corrected chi connectivity index (χ2v) is 4.52. The molecule has 0 aliphatic carbocycles. The molecule has 0 atom stereocenters. The summed E-state index contributed by atoms with van der Waals surface area (Å²) in [6.07, 6.45) is 0. The van der Waals surface area contributed by atoms with E-state index < -0.39 is 4.92 Å². The highest BCUT2D eigenvalue weighted by molar-refractivity contribution is 6.02. The van der Waals surface area contributed by atoms with Gasteiger partial charge in [0.2, 0.25) is 5.91 Å². The van der Waals surface area contributed by atoms with E-state index in [4.69, 9.17) is 5.73 Å². The van der Waals surface area contributed by atoms with Crippen molar-refractivity contribution in [1.82, 2.24) is 4.98 Å². The Kier molecular flexibility index (Phi) is 2.90. The van der Waals surface area contributed by atoms with Crippen molar-refractivity contribution >= 4 is 34.6 Å². The number of rotatable bonds is 2. The third-order valence-electron chi connectivity index (χ3n) is 3.07. The summed E-state index contributed by atoms with van der Waals surface area (Å²) in [4.78, 5) is 27.8. The first-order valence-corrected chi connectivity index (χ1v) is 6.13. The second-order valence-electron chi connectivity index (χ2n) is 4.52. The Morgan fingerprint density at radius 3 is 2.86 bits per heavy atom. The fraction of sp³-hybridized carbons (Fsp3) is 0.0769. The zero-order chi connectivity index (χ0) is 15.0. The Labute approximate surface area is 119 Å². The second kappa shape index (κ2) is 4.75. The van der Waals surface area contributed by atoms with Crippen molar-refractivity contribution in [3.63, 3.8) is 0 Å². The lowest BCUT2D eigenvalue weighted by molar-refractivity contribution is -0.384. The number of fused-ring (bicyclic) bond motifs is 1. The van der Waals surface area contributed by atoms with Crippen molar-refractivity contribution in [2.24, 2.45) is 0 Å². The molecule has 2 aromatic rings. The number of nitrogen functional groups attached to an aromatic ring is 1. The summed E-state index contributed by atoms with van der Waals surface area (Å²) in [7, 11) is 0. The fourth-order valence-corrected chi connectivity index (χ4v) is 2.20. The fourth-order valence-electron chi connectivity index (χ4n) is 2.20. The number of pyridine rings is 1. The summed E-state index contributed by atoms with van der Waals surface area (Å²) < 4.78 is 0. The van der Waals surface area contributed by atoms with Gasteiger partial charge in [0, 0.05) is 0 Å². The number of hydrogen-bond donors (Lipinski definition) is 2. The molecule has 1 aromatic heterocycles. The van der Waals surface area contributed by atoms with E-state index in [1.807, 2.05) is 6.07 Å². The van der Waals surface area contributed by atoms with E-state index in [2.05, 4.69) is 10.3 Å². The predicted molar refractivity (Wildman–Crippen MR) is 77.4 cm³/mol. The highest BCUT2D eigenvalue weighted by Gasteiger charge is 2.25. The summed E-state index contributed by atoms with van der Waals surface area (Å²) in [5, 5.41) is 13.7. The molecule has 3 rings (SSSR count). The third kappa shape index (κ3) is 2.34. The third-order valence-corrected chi connectivity index (χ3v) is 3.07. The summed E-state index contributed by atoms with van der Waals surface area (Å²) in [5.41, 5.74) is 6.79. The van der Waals surface area contributed by atoms with E-state index >= 15 is 0 Å².